The third kappa shape index (κ3) is 4.54. The molecule has 0 aliphatic heterocycles. The minimum absolute atomic E-state index is 0.0508. The molecule has 0 fully saturated rings. The molecule has 0 N–H and O–H groups in total. The van der Waals surface area contributed by atoms with Crippen molar-refractivity contribution >= 4 is 11.6 Å². The van der Waals surface area contributed by atoms with E-state index < -0.39 is 34.9 Å². The normalized spacial score (nSPS) is 11.6. The van der Waals surface area contributed by atoms with Gasteiger partial charge in [-0.3, -0.25) is 9.97 Å². The Morgan fingerprint density at radius 2 is 1.12 bits per heavy atom. The van der Waals surface area contributed by atoms with Crippen molar-refractivity contribution in [2.45, 2.75) is 19.3 Å². The monoisotopic (exact) mass is 476 g/mol. The Kier molecular flexibility index (Phi) is 5.84. The Bertz CT molecular complexity index is 1270. The average Bonchev–Trinajstić information content (AvgIpc) is 2.72. The molecule has 4 rings (SSSR count). The number of hydrogen-bond acceptors (Lipinski definition) is 4. The molecule has 168 valence electrons. The molecule has 0 aliphatic rings. The number of hydrogen-bond donors (Lipinski definition) is 0. The summed E-state index contributed by atoms with van der Waals surface area (Å²) in [5.41, 5.74) is -1.49. The van der Waals surface area contributed by atoms with E-state index in [1.165, 1.54) is 12.1 Å². The van der Waals surface area contributed by atoms with E-state index in [0.717, 1.165) is 36.4 Å². The van der Waals surface area contributed by atoms with E-state index in [4.69, 9.17) is 11.6 Å². The molecule has 0 aromatic carbocycles. The molecule has 0 bridgehead atoms. The number of rotatable bonds is 4. The molecular formula is C23H14ClF5N4. The molecule has 33 heavy (non-hydrogen) atoms. The maximum Gasteiger partial charge on any atom is 0.224 e. The second-order valence-corrected chi connectivity index (χ2v) is 8.07. The first-order valence-electron chi connectivity index (χ1n) is 9.55. The highest BCUT2D eigenvalue weighted by atomic mass is 35.5. The SMILES string of the molecule is CC(C)(c1cc(F)cc(-c2ccc(F)nc2F)n1)c1cc(F)cc(-c2ccc(Cl)nc2F)n1. The number of nitrogens with zero attached hydrogens (tertiary/aromatic N) is 4. The second-order valence-electron chi connectivity index (χ2n) is 7.68. The fourth-order valence-electron chi connectivity index (χ4n) is 3.25. The molecule has 4 heterocycles. The van der Waals surface area contributed by atoms with Crippen LogP contribution in [0.15, 0.2) is 48.5 Å². The molecule has 0 saturated heterocycles. The summed E-state index contributed by atoms with van der Waals surface area (Å²) in [6.45, 7) is 3.19. The summed E-state index contributed by atoms with van der Waals surface area (Å²) in [4.78, 5) is 15.2. The minimum Gasteiger partial charge on any atom is -0.251 e. The molecule has 4 nitrogen and oxygen atoms in total. The molecule has 4 aromatic rings. The van der Waals surface area contributed by atoms with Crippen molar-refractivity contribution in [2.75, 3.05) is 0 Å². The highest BCUT2D eigenvalue weighted by Gasteiger charge is 2.29. The van der Waals surface area contributed by atoms with Gasteiger partial charge in [-0.15, -0.1) is 0 Å². The fourth-order valence-corrected chi connectivity index (χ4v) is 3.39. The molecule has 0 amide bonds. The lowest BCUT2D eigenvalue weighted by atomic mass is 9.84. The highest BCUT2D eigenvalue weighted by molar-refractivity contribution is 6.29. The summed E-state index contributed by atoms with van der Waals surface area (Å²) in [7, 11) is 0. The van der Waals surface area contributed by atoms with Crippen molar-refractivity contribution in [3.05, 3.63) is 94.5 Å². The maximum absolute atomic E-state index is 14.5. The zero-order valence-electron chi connectivity index (χ0n) is 17.2. The van der Waals surface area contributed by atoms with E-state index in [1.807, 2.05) is 0 Å². The van der Waals surface area contributed by atoms with Gasteiger partial charge >= 0.3 is 0 Å². The Hall–Kier alpha value is -3.46. The molecule has 0 atom stereocenters. The highest BCUT2D eigenvalue weighted by Crippen LogP contribution is 2.34. The number of aromatic nitrogens is 4. The van der Waals surface area contributed by atoms with Gasteiger partial charge in [-0.1, -0.05) is 11.6 Å². The van der Waals surface area contributed by atoms with Crippen LogP contribution in [0, 0.1) is 29.5 Å². The summed E-state index contributed by atoms with van der Waals surface area (Å²) in [6, 6.07) is 8.85. The number of halogens is 6. The van der Waals surface area contributed by atoms with Gasteiger partial charge in [0.05, 0.1) is 33.9 Å². The van der Waals surface area contributed by atoms with Crippen LogP contribution in [0.4, 0.5) is 22.0 Å². The summed E-state index contributed by atoms with van der Waals surface area (Å²) in [5.74, 6) is -4.60. The van der Waals surface area contributed by atoms with Gasteiger partial charge in [-0.2, -0.15) is 18.2 Å². The van der Waals surface area contributed by atoms with Crippen molar-refractivity contribution in [2.24, 2.45) is 0 Å². The van der Waals surface area contributed by atoms with Gasteiger partial charge < -0.3 is 0 Å². The van der Waals surface area contributed by atoms with Gasteiger partial charge in [0.1, 0.15) is 16.8 Å². The lowest BCUT2D eigenvalue weighted by molar-refractivity contribution is 0.514. The average molecular weight is 477 g/mol. The number of pyridine rings is 4. The predicted octanol–water partition coefficient (Wildman–Crippen LogP) is 6.28. The fraction of sp³-hybridized carbons (Fsp3) is 0.130. The lowest BCUT2D eigenvalue weighted by Crippen LogP contribution is -2.23. The van der Waals surface area contributed by atoms with Crippen LogP contribution in [-0.2, 0) is 5.41 Å². The molecular weight excluding hydrogens is 463 g/mol. The van der Waals surface area contributed by atoms with Gasteiger partial charge in [0.2, 0.25) is 17.8 Å². The first-order valence-corrected chi connectivity index (χ1v) is 9.93. The standard InChI is InChI=1S/C23H14ClF5N4/c1-23(2,17-9-11(25)7-15(30-17)13-3-5-19(24)32-21(13)28)18-10-12(26)8-16(31-18)14-4-6-20(27)33-22(14)29/h3-10H,1-2H3. The lowest BCUT2D eigenvalue weighted by Gasteiger charge is -2.25. The molecule has 4 aromatic heterocycles. The van der Waals surface area contributed by atoms with Crippen molar-refractivity contribution in [1.82, 2.24) is 19.9 Å². The zero-order valence-corrected chi connectivity index (χ0v) is 17.9. The van der Waals surface area contributed by atoms with E-state index in [0.29, 0.717) is 0 Å². The molecule has 10 heteroatoms. The van der Waals surface area contributed by atoms with Crippen LogP contribution < -0.4 is 0 Å². The topological polar surface area (TPSA) is 51.6 Å². The van der Waals surface area contributed by atoms with Crippen molar-refractivity contribution < 1.29 is 22.0 Å². The van der Waals surface area contributed by atoms with Crippen LogP contribution >= 0.6 is 11.6 Å². The smallest absolute Gasteiger partial charge is 0.224 e. The van der Waals surface area contributed by atoms with Crippen molar-refractivity contribution in [3.8, 4) is 22.5 Å². The minimum atomic E-state index is -1.20. The largest absolute Gasteiger partial charge is 0.251 e. The predicted molar refractivity (Wildman–Crippen MR) is 112 cm³/mol. The third-order valence-corrected chi connectivity index (χ3v) is 5.25. The first kappa shape index (κ1) is 22.7. The van der Waals surface area contributed by atoms with Gasteiger partial charge in [0.15, 0.2) is 0 Å². The van der Waals surface area contributed by atoms with Crippen LogP contribution in [0.25, 0.3) is 22.5 Å². The Labute approximate surface area is 190 Å². The van der Waals surface area contributed by atoms with E-state index in [2.05, 4.69) is 19.9 Å². The van der Waals surface area contributed by atoms with E-state index in [9.17, 15) is 22.0 Å². The molecule has 0 radical (unpaired) electrons. The molecule has 0 spiro atoms. The summed E-state index contributed by atoms with van der Waals surface area (Å²) in [5, 5.41) is -0.0767. The second kappa shape index (κ2) is 8.47. The molecule has 0 unspecified atom stereocenters. The van der Waals surface area contributed by atoms with Gasteiger partial charge in [0.25, 0.3) is 0 Å². The van der Waals surface area contributed by atoms with Crippen LogP contribution in [0.1, 0.15) is 25.2 Å². The third-order valence-electron chi connectivity index (χ3n) is 5.04. The van der Waals surface area contributed by atoms with E-state index in [-0.39, 0.29) is 39.1 Å². The first-order chi connectivity index (χ1) is 15.5. The van der Waals surface area contributed by atoms with E-state index >= 15 is 0 Å². The van der Waals surface area contributed by atoms with Gasteiger partial charge in [0, 0.05) is 17.5 Å². The Morgan fingerprint density at radius 3 is 1.61 bits per heavy atom. The van der Waals surface area contributed by atoms with Crippen LogP contribution in [-0.4, -0.2) is 19.9 Å². The summed E-state index contributed by atoms with van der Waals surface area (Å²) < 4.78 is 70.6. The zero-order chi connectivity index (χ0) is 23.9. The van der Waals surface area contributed by atoms with Crippen molar-refractivity contribution in [3.63, 3.8) is 0 Å². The Morgan fingerprint density at radius 1 is 0.636 bits per heavy atom. The van der Waals surface area contributed by atoms with E-state index in [1.54, 1.807) is 13.8 Å². The van der Waals surface area contributed by atoms with Crippen LogP contribution in [0.5, 0.6) is 0 Å². The Balaban J connectivity index is 1.83. The molecule has 0 aliphatic carbocycles. The van der Waals surface area contributed by atoms with Crippen LogP contribution in [0.3, 0.4) is 0 Å². The van der Waals surface area contributed by atoms with Crippen molar-refractivity contribution in [1.29, 1.82) is 0 Å². The molecule has 0 saturated carbocycles. The quantitative estimate of drug-likeness (QED) is 0.257. The maximum atomic E-state index is 14.5. The summed E-state index contributed by atoms with van der Waals surface area (Å²) >= 11 is 5.68. The van der Waals surface area contributed by atoms with Gasteiger partial charge in [-0.25, -0.2) is 13.8 Å². The van der Waals surface area contributed by atoms with Gasteiger partial charge in [-0.05, 0) is 50.2 Å². The van der Waals surface area contributed by atoms with Crippen LogP contribution in [0.2, 0.25) is 5.15 Å². The summed E-state index contributed by atoms with van der Waals surface area (Å²) in [6.07, 6.45) is 0.